The van der Waals surface area contributed by atoms with Gasteiger partial charge in [0.1, 0.15) is 0 Å². The summed E-state index contributed by atoms with van der Waals surface area (Å²) in [5.41, 5.74) is 12.3. The van der Waals surface area contributed by atoms with Crippen molar-refractivity contribution in [3.05, 3.63) is 81.3 Å². The van der Waals surface area contributed by atoms with Crippen LogP contribution in [-0.2, 0) is 0 Å². The van der Waals surface area contributed by atoms with Crippen molar-refractivity contribution in [3.63, 3.8) is 0 Å². The zero-order chi connectivity index (χ0) is 19.4. The molecule has 142 valence electrons. The van der Waals surface area contributed by atoms with Gasteiger partial charge in [-0.15, -0.1) is 0 Å². The summed E-state index contributed by atoms with van der Waals surface area (Å²) in [6, 6.07) is 13.1. The van der Waals surface area contributed by atoms with E-state index >= 15 is 0 Å². The number of aromatic amines is 3. The van der Waals surface area contributed by atoms with Crippen molar-refractivity contribution in [1.29, 1.82) is 0 Å². The molecule has 0 atom stereocenters. The van der Waals surface area contributed by atoms with Crippen LogP contribution in [0.5, 0.6) is 0 Å². The molecule has 2 aliphatic heterocycles. The van der Waals surface area contributed by atoms with Crippen molar-refractivity contribution in [3.8, 4) is 0 Å². The molecule has 4 N–H and O–H groups in total. The second kappa shape index (κ2) is 6.20. The number of H-pyrrole nitrogens is 3. The van der Waals surface area contributed by atoms with E-state index < -0.39 is 0 Å². The maximum atomic E-state index is 3.69. The van der Waals surface area contributed by atoms with Gasteiger partial charge in [0.05, 0.1) is 0 Å². The molecule has 3 aromatic rings. The van der Waals surface area contributed by atoms with Crippen LogP contribution in [0.15, 0.2) is 47.8 Å². The monoisotopic (exact) mass is 370 g/mol. The van der Waals surface area contributed by atoms with Crippen LogP contribution in [-0.4, -0.2) is 15.0 Å². The van der Waals surface area contributed by atoms with Gasteiger partial charge in [0.2, 0.25) is 0 Å². The predicted molar refractivity (Wildman–Crippen MR) is 116 cm³/mol. The molecule has 5 rings (SSSR count). The van der Waals surface area contributed by atoms with Crippen molar-refractivity contribution >= 4 is 22.3 Å². The lowest BCUT2D eigenvalue weighted by molar-refractivity contribution is 1.05. The minimum absolute atomic E-state index is 1.05. The minimum atomic E-state index is 1.05. The molecular formula is C24H26N4. The summed E-state index contributed by atoms with van der Waals surface area (Å²) in [6.07, 6.45) is 2.10. The van der Waals surface area contributed by atoms with Gasteiger partial charge in [0, 0.05) is 44.9 Å². The molecule has 0 unspecified atom stereocenters. The first-order chi connectivity index (χ1) is 13.5. The second-order valence-electron chi connectivity index (χ2n) is 7.94. The Labute approximate surface area is 164 Å². The van der Waals surface area contributed by atoms with Crippen molar-refractivity contribution < 1.29 is 0 Å². The van der Waals surface area contributed by atoms with E-state index in [0.29, 0.717) is 0 Å². The van der Waals surface area contributed by atoms with E-state index in [-0.39, 0.29) is 0 Å². The van der Waals surface area contributed by atoms with Crippen LogP contribution in [0.25, 0.3) is 22.3 Å². The van der Waals surface area contributed by atoms with Crippen molar-refractivity contribution in [2.45, 2.75) is 40.5 Å². The van der Waals surface area contributed by atoms with Crippen LogP contribution in [0.3, 0.4) is 0 Å². The Morgan fingerprint density at radius 2 is 0.893 bits per heavy atom. The number of fused-ring (bicyclic) bond motifs is 8. The van der Waals surface area contributed by atoms with Crippen molar-refractivity contribution in [2.75, 3.05) is 0 Å². The Balaban J connectivity index is 1.81. The highest BCUT2D eigenvalue weighted by Crippen LogP contribution is 2.31. The Kier molecular flexibility index (Phi) is 3.76. The molecule has 3 aromatic heterocycles. The largest absolute Gasteiger partial charge is 0.362 e. The SMILES string of the molecule is CC1=C2CCC(=C(C)c3ccc([nH]3)C(C)=c3ccc([nH]3)=C(C)c3ccc1[nH]3)N2. The molecule has 0 radical (unpaired) electrons. The van der Waals surface area contributed by atoms with Crippen LogP contribution in [0.1, 0.15) is 63.3 Å². The highest BCUT2D eigenvalue weighted by molar-refractivity contribution is 5.73. The maximum Gasteiger partial charge on any atom is 0.0435 e. The average Bonchev–Trinajstić information content (AvgIpc) is 3.49. The van der Waals surface area contributed by atoms with Crippen LogP contribution in [0, 0.1) is 0 Å². The number of hydrogen-bond acceptors (Lipinski definition) is 1. The summed E-state index contributed by atoms with van der Waals surface area (Å²) in [5.74, 6) is 0. The van der Waals surface area contributed by atoms with Gasteiger partial charge in [-0.2, -0.15) is 0 Å². The van der Waals surface area contributed by atoms with E-state index in [1.807, 2.05) is 0 Å². The fourth-order valence-corrected chi connectivity index (χ4v) is 4.23. The van der Waals surface area contributed by atoms with Gasteiger partial charge >= 0.3 is 0 Å². The maximum absolute atomic E-state index is 3.69. The molecule has 2 aliphatic rings. The standard InChI is InChI=1S/C24H26N4/c1-13-17-5-7-19(25-17)14(2)21-9-11-23(27-21)16(4)24-12-10-22(28-24)15(3)20-8-6-18(13)26-20/h5-9,11,25-28H,10,12H2,1-4H3. The summed E-state index contributed by atoms with van der Waals surface area (Å²) >= 11 is 0. The van der Waals surface area contributed by atoms with Crippen molar-refractivity contribution in [1.82, 2.24) is 20.3 Å². The molecule has 4 heteroatoms. The van der Waals surface area contributed by atoms with Gasteiger partial charge < -0.3 is 20.3 Å². The third-order valence-corrected chi connectivity index (χ3v) is 6.31. The fourth-order valence-electron chi connectivity index (χ4n) is 4.23. The van der Waals surface area contributed by atoms with E-state index in [2.05, 4.69) is 84.4 Å². The number of aromatic nitrogens is 3. The zero-order valence-corrected chi connectivity index (χ0v) is 16.9. The zero-order valence-electron chi connectivity index (χ0n) is 16.9. The van der Waals surface area contributed by atoms with Gasteiger partial charge in [-0.1, -0.05) is 0 Å². The lowest BCUT2D eigenvalue weighted by Crippen LogP contribution is -2.15. The second-order valence-corrected chi connectivity index (χ2v) is 7.94. The van der Waals surface area contributed by atoms with E-state index in [0.717, 1.165) is 34.9 Å². The summed E-state index contributed by atoms with van der Waals surface area (Å²) in [4.78, 5) is 10.8. The van der Waals surface area contributed by atoms with Crippen LogP contribution in [0.2, 0.25) is 0 Å². The topological polar surface area (TPSA) is 59.4 Å². The Hall–Kier alpha value is -3.14. The van der Waals surface area contributed by atoms with Gasteiger partial charge in [0.15, 0.2) is 0 Å². The molecule has 0 amide bonds. The van der Waals surface area contributed by atoms with E-state index in [9.17, 15) is 0 Å². The average molecular weight is 371 g/mol. The fraction of sp³-hybridized carbons (Fsp3) is 0.250. The molecular weight excluding hydrogens is 344 g/mol. The van der Waals surface area contributed by atoms with Gasteiger partial charge in [-0.25, -0.2) is 0 Å². The molecule has 1 saturated heterocycles. The van der Waals surface area contributed by atoms with Gasteiger partial charge in [-0.3, -0.25) is 0 Å². The quantitative estimate of drug-likeness (QED) is 0.475. The lowest BCUT2D eigenvalue weighted by Gasteiger charge is -2.09. The summed E-state index contributed by atoms with van der Waals surface area (Å²) in [5, 5.41) is 5.98. The molecule has 0 saturated carbocycles. The Bertz CT molecular complexity index is 1170. The smallest absolute Gasteiger partial charge is 0.0435 e. The molecule has 0 spiro atoms. The van der Waals surface area contributed by atoms with Crippen LogP contribution < -0.4 is 16.0 Å². The molecule has 5 heterocycles. The highest BCUT2D eigenvalue weighted by atomic mass is 14.9. The lowest BCUT2D eigenvalue weighted by atomic mass is 10.1. The van der Waals surface area contributed by atoms with Crippen LogP contribution >= 0.6 is 0 Å². The number of allylic oxidation sites excluding steroid dienone is 4. The first-order valence-corrected chi connectivity index (χ1v) is 9.94. The number of hydrogen-bond donors (Lipinski definition) is 4. The van der Waals surface area contributed by atoms with Gasteiger partial charge in [-0.05, 0) is 99.2 Å². The third kappa shape index (κ3) is 2.60. The van der Waals surface area contributed by atoms with Crippen LogP contribution in [0.4, 0.5) is 0 Å². The molecule has 8 bridgehead atoms. The summed E-state index contributed by atoms with van der Waals surface area (Å²) in [6.45, 7) is 8.73. The first-order valence-electron chi connectivity index (χ1n) is 9.94. The molecule has 4 nitrogen and oxygen atoms in total. The Morgan fingerprint density at radius 1 is 0.500 bits per heavy atom. The van der Waals surface area contributed by atoms with Crippen molar-refractivity contribution in [2.24, 2.45) is 0 Å². The van der Waals surface area contributed by atoms with E-state index in [4.69, 9.17) is 0 Å². The van der Waals surface area contributed by atoms with E-state index in [1.54, 1.807) is 0 Å². The predicted octanol–water partition coefficient (Wildman–Crippen LogP) is 3.97. The third-order valence-electron chi connectivity index (χ3n) is 6.31. The van der Waals surface area contributed by atoms with Gasteiger partial charge in [0.25, 0.3) is 0 Å². The minimum Gasteiger partial charge on any atom is -0.362 e. The molecule has 0 aromatic carbocycles. The summed E-state index contributed by atoms with van der Waals surface area (Å²) in [7, 11) is 0. The summed E-state index contributed by atoms with van der Waals surface area (Å²) < 4.78 is 0. The first kappa shape index (κ1) is 17.0. The molecule has 28 heavy (non-hydrogen) atoms. The number of rotatable bonds is 0. The van der Waals surface area contributed by atoms with E-state index in [1.165, 1.54) is 45.1 Å². The number of nitrogens with one attached hydrogen (secondary N) is 4. The Morgan fingerprint density at radius 3 is 1.32 bits per heavy atom. The normalized spacial score (nSPS) is 16.9. The molecule has 1 fully saturated rings. The molecule has 0 aliphatic carbocycles. The highest BCUT2D eigenvalue weighted by Gasteiger charge is 2.19.